The maximum absolute atomic E-state index is 10.8. The number of hydrogen-bond acceptors (Lipinski definition) is 7. The largest absolute Gasteiger partial charge is 0.456 e. The second-order valence-electron chi connectivity index (χ2n) is 34.8. The molecule has 2 aliphatic rings. The van der Waals surface area contributed by atoms with Crippen LogP contribution in [0.4, 0.5) is 34.1 Å². The van der Waals surface area contributed by atoms with Gasteiger partial charge >= 0.3 is 0 Å². The predicted octanol–water partition coefficient (Wildman–Crippen LogP) is 28.7. The van der Waals surface area contributed by atoms with E-state index in [0.717, 1.165) is 243 Å². The summed E-state index contributed by atoms with van der Waals surface area (Å²) in [6.07, 6.45) is 0. The number of anilines is 6. The van der Waals surface area contributed by atoms with Gasteiger partial charge in [-0.3, -0.25) is 0 Å². The van der Waals surface area contributed by atoms with Crippen molar-refractivity contribution < 1.29 is 17.7 Å². The number of furan rings is 4. The molecule has 23 aromatic rings. The van der Waals surface area contributed by atoms with Crippen LogP contribution in [0.25, 0.3) is 187 Å². The molecule has 17 aromatic carbocycles. The minimum absolute atomic E-state index is 0.161. The van der Waals surface area contributed by atoms with Crippen molar-refractivity contribution in [3.8, 4) is 62.0 Å². The molecule has 2 aliphatic heterocycles. The molecule has 0 amide bonds. The summed E-state index contributed by atoms with van der Waals surface area (Å²) in [5, 5.41) is 23.4. The lowest BCUT2D eigenvalue weighted by Crippen LogP contribution is -2.61. The molecule has 0 saturated heterocycles. The molecule has 8 heterocycles. The number of hydrogen-bond donors (Lipinski definition) is 0. The van der Waals surface area contributed by atoms with Crippen molar-refractivity contribution in [3.63, 3.8) is 0 Å². The van der Waals surface area contributed by atoms with Crippen molar-refractivity contribution >= 4 is 189 Å². The van der Waals surface area contributed by atoms with E-state index in [9.17, 15) is 5.26 Å². The first-order valence-corrected chi connectivity index (χ1v) is 41.7. The van der Waals surface area contributed by atoms with Gasteiger partial charge in [0.1, 0.15) is 44.7 Å². The molecule has 0 saturated carbocycles. The zero-order chi connectivity index (χ0) is 80.6. The van der Waals surface area contributed by atoms with Gasteiger partial charge in [0.15, 0.2) is 0 Å². The highest BCUT2D eigenvalue weighted by molar-refractivity contribution is 7.00. The van der Waals surface area contributed by atoms with Crippen LogP contribution in [0.5, 0.6) is 0 Å². The number of aromatic nitrogens is 2. The number of nitrogens with zero attached hydrogens (tertiary/aromatic N) is 5. The van der Waals surface area contributed by atoms with Crippen molar-refractivity contribution in [2.75, 3.05) is 9.80 Å². The SMILES string of the molecule is CC(C)(C)c1cc(-c2cccc3oc4ccccc4c23)c(N2c3cc(-n4c5ccc(C#N)cc5c5cc(C(C)(C)C)ccc54)ccc3B3c4ccccc4N(c4c(-c5cccc6oc7ccccc7c56)cccc4-c4cccc5oc6ccccc6c45)c4cc(-n5c6ccccc6c6ccccc65)cc2c43)c(-c2cccc3oc4ccccc4c23)c1. The van der Waals surface area contributed by atoms with Crippen molar-refractivity contribution in [2.45, 2.75) is 52.4 Å². The van der Waals surface area contributed by atoms with Gasteiger partial charge in [-0.2, -0.15) is 5.26 Å². The second-order valence-corrected chi connectivity index (χ2v) is 34.8. The van der Waals surface area contributed by atoms with E-state index in [1.165, 1.54) is 5.56 Å². The van der Waals surface area contributed by atoms with Crippen LogP contribution in [0.2, 0.25) is 0 Å². The maximum atomic E-state index is 10.8. The average Bonchev–Trinajstić information content (AvgIpc) is 1.15. The summed E-state index contributed by atoms with van der Waals surface area (Å²) in [4.78, 5) is 5.34. The van der Waals surface area contributed by atoms with Gasteiger partial charge in [0, 0.05) is 115 Å². The minimum Gasteiger partial charge on any atom is -0.456 e. The Morgan fingerprint density at radius 3 is 1.12 bits per heavy atom. The smallest absolute Gasteiger partial charge is 0.252 e. The second kappa shape index (κ2) is 25.4. The van der Waals surface area contributed by atoms with E-state index in [-0.39, 0.29) is 5.41 Å². The van der Waals surface area contributed by atoms with Gasteiger partial charge in [-0.1, -0.05) is 248 Å². The van der Waals surface area contributed by atoms with E-state index in [4.69, 9.17) is 17.7 Å². The Kier molecular flexibility index (Phi) is 14.4. The fourth-order valence-electron chi connectivity index (χ4n) is 20.6. The summed E-state index contributed by atoms with van der Waals surface area (Å²) in [6.45, 7) is 13.5. The fraction of sp³-hybridized carbons (Fsp3) is 0.0721. The molecule has 0 fully saturated rings. The number of para-hydroxylation sites is 8. The molecule has 0 unspecified atom stereocenters. The number of nitriles is 1. The maximum Gasteiger partial charge on any atom is 0.252 e. The molecule has 0 N–H and O–H groups in total. The Bertz CT molecular complexity index is 8190. The third-order valence-electron chi connectivity index (χ3n) is 26.0. The molecule has 0 radical (unpaired) electrons. The Labute approximate surface area is 696 Å². The van der Waals surface area contributed by atoms with E-state index in [2.05, 4.69) is 400 Å². The molecular weight excluding hydrogens is 1480 g/mol. The van der Waals surface area contributed by atoms with Gasteiger partial charge in [-0.15, -0.1) is 0 Å². The van der Waals surface area contributed by atoms with Crippen LogP contribution < -0.4 is 26.2 Å². The summed E-state index contributed by atoms with van der Waals surface area (Å²) in [5.74, 6) is 0. The lowest BCUT2D eigenvalue weighted by Gasteiger charge is -2.46. The van der Waals surface area contributed by atoms with E-state index in [0.29, 0.717) is 5.56 Å². The van der Waals surface area contributed by atoms with Crippen LogP contribution in [-0.2, 0) is 10.8 Å². The van der Waals surface area contributed by atoms with Crippen molar-refractivity contribution in [2.24, 2.45) is 0 Å². The van der Waals surface area contributed by atoms with Crippen LogP contribution in [0, 0.1) is 11.3 Å². The molecule has 25 rings (SSSR count). The van der Waals surface area contributed by atoms with Gasteiger partial charge < -0.3 is 36.6 Å². The predicted molar refractivity (Wildman–Crippen MR) is 502 cm³/mol. The summed E-state index contributed by atoms with van der Waals surface area (Å²) in [7, 11) is 0. The molecule has 9 nitrogen and oxygen atoms in total. The first kappa shape index (κ1) is 68.9. The van der Waals surface area contributed by atoms with Gasteiger partial charge in [-0.05, 0) is 194 Å². The van der Waals surface area contributed by atoms with E-state index in [1.54, 1.807) is 0 Å². The van der Waals surface area contributed by atoms with Crippen LogP contribution in [0.15, 0.2) is 357 Å². The summed E-state index contributed by atoms with van der Waals surface area (Å²) >= 11 is 0. The molecule has 0 bridgehead atoms. The quantitative estimate of drug-likeness (QED) is 0.140. The van der Waals surface area contributed by atoms with E-state index < -0.39 is 12.1 Å². The lowest BCUT2D eigenvalue weighted by atomic mass is 9.33. The number of benzene rings is 17. The Hall–Kier alpha value is -15.3. The molecule has 0 spiro atoms. The van der Waals surface area contributed by atoms with Gasteiger partial charge in [-0.25, -0.2) is 0 Å². The van der Waals surface area contributed by atoms with Crippen molar-refractivity contribution in [1.29, 1.82) is 5.26 Å². The highest BCUT2D eigenvalue weighted by Crippen LogP contribution is 2.58. The molecular formula is C111H74BN5O4. The van der Waals surface area contributed by atoms with Crippen LogP contribution in [0.1, 0.15) is 58.2 Å². The minimum atomic E-state index is -0.392. The molecule has 0 aliphatic carbocycles. The van der Waals surface area contributed by atoms with Crippen LogP contribution in [-0.4, -0.2) is 15.8 Å². The van der Waals surface area contributed by atoms with Crippen LogP contribution in [0.3, 0.4) is 0 Å². The third-order valence-corrected chi connectivity index (χ3v) is 26.0. The summed E-state index contributed by atoms with van der Waals surface area (Å²) in [5.41, 5.74) is 32.6. The molecule has 10 heteroatoms. The van der Waals surface area contributed by atoms with Crippen molar-refractivity contribution in [1.82, 2.24) is 9.13 Å². The molecule has 121 heavy (non-hydrogen) atoms. The van der Waals surface area contributed by atoms with Crippen molar-refractivity contribution in [3.05, 3.63) is 356 Å². The standard InChI is InChI=1S/C111H74BN5O4/c1-110(2,3)65-51-55-90-82(57-65)81-56-64(63-113)50-54-89(81)114(90)67-52-53-86-92(60-67)117(109-83(73-34-24-48-101-105(73)79-30-11-19-44-97(79)120-101)58-66(111(4,5)6)59-84(109)74-35-25-49-102-106(74)80-31-12-20-45-98(80)121-102)94-62-68(115-87-39-14-7-26-69(87)70-27-8-15-40-88(70)115)61-93-107(94)112(86)85-38-13-16-41-91(85)116(93)108-75(71-32-22-46-99-103(71)77-28-9-17-42-95(77)118-99)36-21-37-76(108)72-33-23-47-100-104(72)78-29-10-18-43-96(78)119-100/h7-62H,1-6H3. The highest BCUT2D eigenvalue weighted by Gasteiger charge is 2.47. The van der Waals surface area contributed by atoms with Gasteiger partial charge in [0.2, 0.25) is 0 Å². The summed E-state index contributed by atoms with van der Waals surface area (Å²) < 4.78 is 32.9. The van der Waals surface area contributed by atoms with Gasteiger partial charge in [0.05, 0.1) is 50.8 Å². The first-order valence-electron chi connectivity index (χ1n) is 41.7. The third kappa shape index (κ3) is 9.98. The fourth-order valence-corrected chi connectivity index (χ4v) is 20.6. The Morgan fingerprint density at radius 2 is 0.628 bits per heavy atom. The zero-order valence-corrected chi connectivity index (χ0v) is 67.3. The van der Waals surface area contributed by atoms with E-state index in [1.807, 2.05) is 6.07 Å². The molecule has 0 atom stereocenters. The molecule has 6 aromatic heterocycles. The van der Waals surface area contributed by atoms with Crippen LogP contribution >= 0.6 is 0 Å². The molecule has 570 valence electrons. The zero-order valence-electron chi connectivity index (χ0n) is 67.3. The van der Waals surface area contributed by atoms with E-state index >= 15 is 0 Å². The Morgan fingerprint density at radius 1 is 0.264 bits per heavy atom. The van der Waals surface area contributed by atoms with Gasteiger partial charge in [0.25, 0.3) is 6.71 Å². The highest BCUT2D eigenvalue weighted by atomic mass is 16.3. The topological polar surface area (TPSA) is 92.7 Å². The lowest BCUT2D eigenvalue weighted by molar-refractivity contribution is 0.590. The average molecular weight is 1550 g/mol. The Balaban J connectivity index is 0.896. The summed E-state index contributed by atoms with van der Waals surface area (Å²) in [6, 6.07) is 127. The number of rotatable bonds is 8. The number of fused-ring (bicyclic) bond motifs is 22. The normalized spacial score (nSPS) is 13.0. The monoisotopic (exact) mass is 1550 g/mol. The first-order chi connectivity index (χ1) is 59.3.